The lowest BCUT2D eigenvalue weighted by molar-refractivity contribution is 0.444. The van der Waals surface area contributed by atoms with Gasteiger partial charge in [-0.3, -0.25) is 0 Å². The minimum absolute atomic E-state index is 0.673. The second-order valence-electron chi connectivity index (χ2n) is 4.91. The van der Waals surface area contributed by atoms with E-state index in [1.165, 1.54) is 32.1 Å². The molecule has 3 heteroatoms. The Balaban J connectivity index is 1.77. The molecule has 0 aromatic carbocycles. The van der Waals surface area contributed by atoms with E-state index in [9.17, 15) is 0 Å². The second kappa shape index (κ2) is 5.94. The van der Waals surface area contributed by atoms with Gasteiger partial charge in [-0.15, -0.1) is 0 Å². The molecule has 0 aliphatic heterocycles. The molecule has 88 valence electrons. The summed E-state index contributed by atoms with van der Waals surface area (Å²) in [5.41, 5.74) is 1.04. The minimum atomic E-state index is 0.673. The normalized spacial score (nSPS) is 26.3. The van der Waals surface area contributed by atoms with Crippen molar-refractivity contribution < 1.29 is 0 Å². The maximum absolute atomic E-state index is 4.09. The molecule has 1 saturated carbocycles. The molecule has 0 spiro atoms. The van der Waals surface area contributed by atoms with E-state index in [0.717, 1.165) is 18.2 Å². The highest BCUT2D eigenvalue weighted by atomic mass is 15.1. The molecule has 1 N–H and O–H groups in total. The fourth-order valence-corrected chi connectivity index (χ4v) is 2.37. The third-order valence-corrected chi connectivity index (χ3v) is 3.46. The van der Waals surface area contributed by atoms with Gasteiger partial charge in [0, 0.05) is 18.8 Å². The van der Waals surface area contributed by atoms with Crippen molar-refractivity contribution in [3.63, 3.8) is 0 Å². The molecular formula is C13H21N3. The first-order valence-corrected chi connectivity index (χ1v) is 6.34. The Hall–Kier alpha value is -0.960. The highest BCUT2D eigenvalue weighted by molar-refractivity contribution is 4.98. The fourth-order valence-electron chi connectivity index (χ4n) is 2.37. The van der Waals surface area contributed by atoms with Gasteiger partial charge in [0.2, 0.25) is 0 Å². The quantitative estimate of drug-likeness (QED) is 0.794. The number of hydrogen-bond acceptors (Lipinski definition) is 3. The maximum atomic E-state index is 4.09. The van der Waals surface area contributed by atoms with Crippen molar-refractivity contribution in [3.8, 4) is 0 Å². The van der Waals surface area contributed by atoms with Crippen LogP contribution in [0, 0.1) is 5.92 Å². The highest BCUT2D eigenvalue weighted by Gasteiger charge is 2.15. The fraction of sp³-hybridized carbons (Fsp3) is 0.692. The molecule has 2 atom stereocenters. The van der Waals surface area contributed by atoms with E-state index in [4.69, 9.17) is 0 Å². The molecule has 1 fully saturated rings. The SMILES string of the molecule is CC1CCCC(NCc2cccnn2)CC1. The van der Waals surface area contributed by atoms with Crippen LogP contribution in [0.5, 0.6) is 0 Å². The number of aromatic nitrogens is 2. The van der Waals surface area contributed by atoms with Crippen LogP contribution in [-0.4, -0.2) is 16.2 Å². The van der Waals surface area contributed by atoms with Gasteiger partial charge in [-0.2, -0.15) is 10.2 Å². The third-order valence-electron chi connectivity index (χ3n) is 3.46. The van der Waals surface area contributed by atoms with Gasteiger partial charge >= 0.3 is 0 Å². The monoisotopic (exact) mass is 219 g/mol. The van der Waals surface area contributed by atoms with E-state index in [1.807, 2.05) is 12.1 Å². The predicted octanol–water partition coefficient (Wildman–Crippen LogP) is 2.54. The lowest BCUT2D eigenvalue weighted by Gasteiger charge is -2.15. The summed E-state index contributed by atoms with van der Waals surface area (Å²) >= 11 is 0. The molecule has 2 rings (SSSR count). The Morgan fingerprint density at radius 1 is 1.31 bits per heavy atom. The summed E-state index contributed by atoms with van der Waals surface area (Å²) in [6, 6.07) is 4.64. The van der Waals surface area contributed by atoms with Crippen molar-refractivity contribution in [1.29, 1.82) is 0 Å². The summed E-state index contributed by atoms with van der Waals surface area (Å²) in [4.78, 5) is 0. The standard InChI is InChI=1S/C13H21N3/c1-11-4-2-5-12(8-7-11)14-10-13-6-3-9-15-16-13/h3,6,9,11-12,14H,2,4-5,7-8,10H2,1H3. The van der Waals surface area contributed by atoms with Gasteiger partial charge in [-0.25, -0.2) is 0 Å². The molecule has 0 amide bonds. The topological polar surface area (TPSA) is 37.8 Å². The number of nitrogens with zero attached hydrogens (tertiary/aromatic N) is 2. The average Bonchev–Trinajstić information content (AvgIpc) is 2.53. The van der Waals surface area contributed by atoms with Gasteiger partial charge in [0.25, 0.3) is 0 Å². The van der Waals surface area contributed by atoms with Gasteiger partial charge in [0.15, 0.2) is 0 Å². The molecule has 3 nitrogen and oxygen atoms in total. The van der Waals surface area contributed by atoms with E-state index in [1.54, 1.807) is 6.20 Å². The molecule has 0 saturated heterocycles. The number of hydrogen-bond donors (Lipinski definition) is 1. The molecule has 2 unspecified atom stereocenters. The molecule has 1 aliphatic carbocycles. The smallest absolute Gasteiger partial charge is 0.0769 e. The highest BCUT2D eigenvalue weighted by Crippen LogP contribution is 2.22. The minimum Gasteiger partial charge on any atom is -0.308 e. The Morgan fingerprint density at radius 2 is 2.25 bits per heavy atom. The largest absolute Gasteiger partial charge is 0.308 e. The van der Waals surface area contributed by atoms with E-state index in [2.05, 4.69) is 22.4 Å². The molecule has 1 aromatic heterocycles. The zero-order chi connectivity index (χ0) is 11.2. The Kier molecular flexibility index (Phi) is 4.28. The molecule has 0 radical (unpaired) electrons. The summed E-state index contributed by atoms with van der Waals surface area (Å²) < 4.78 is 0. The molecule has 1 aromatic rings. The van der Waals surface area contributed by atoms with Crippen LogP contribution in [0.25, 0.3) is 0 Å². The van der Waals surface area contributed by atoms with E-state index < -0.39 is 0 Å². The van der Waals surface area contributed by atoms with Crippen LogP contribution in [0.2, 0.25) is 0 Å². The molecule has 1 aliphatic rings. The zero-order valence-electron chi connectivity index (χ0n) is 10.0. The summed E-state index contributed by atoms with van der Waals surface area (Å²) in [6.07, 6.45) is 8.45. The summed E-state index contributed by atoms with van der Waals surface area (Å²) in [5, 5.41) is 11.6. The third kappa shape index (κ3) is 3.56. The van der Waals surface area contributed by atoms with Crippen LogP contribution in [0.4, 0.5) is 0 Å². The number of rotatable bonds is 3. The summed E-state index contributed by atoms with van der Waals surface area (Å²) in [7, 11) is 0. The molecule has 0 bridgehead atoms. The van der Waals surface area contributed by atoms with Gasteiger partial charge in [-0.1, -0.05) is 19.8 Å². The van der Waals surface area contributed by atoms with Gasteiger partial charge in [0.05, 0.1) is 5.69 Å². The Bertz CT molecular complexity index is 299. The predicted molar refractivity (Wildman–Crippen MR) is 64.9 cm³/mol. The van der Waals surface area contributed by atoms with Crippen molar-refractivity contribution in [3.05, 3.63) is 24.0 Å². The Morgan fingerprint density at radius 3 is 3.06 bits per heavy atom. The molecule has 16 heavy (non-hydrogen) atoms. The van der Waals surface area contributed by atoms with E-state index in [-0.39, 0.29) is 0 Å². The van der Waals surface area contributed by atoms with Crippen molar-refractivity contribution in [1.82, 2.24) is 15.5 Å². The van der Waals surface area contributed by atoms with Gasteiger partial charge < -0.3 is 5.32 Å². The van der Waals surface area contributed by atoms with E-state index >= 15 is 0 Å². The number of nitrogens with one attached hydrogen (secondary N) is 1. The molecule has 1 heterocycles. The van der Waals surface area contributed by atoms with Crippen molar-refractivity contribution >= 4 is 0 Å². The Labute approximate surface area is 97.7 Å². The summed E-state index contributed by atoms with van der Waals surface area (Å²) in [6.45, 7) is 3.22. The van der Waals surface area contributed by atoms with Crippen molar-refractivity contribution in [2.45, 2.75) is 51.6 Å². The molecular weight excluding hydrogens is 198 g/mol. The lowest BCUT2D eigenvalue weighted by atomic mass is 10.0. The second-order valence-corrected chi connectivity index (χ2v) is 4.91. The van der Waals surface area contributed by atoms with E-state index in [0.29, 0.717) is 6.04 Å². The van der Waals surface area contributed by atoms with Gasteiger partial charge in [0.1, 0.15) is 0 Å². The summed E-state index contributed by atoms with van der Waals surface area (Å²) in [5.74, 6) is 0.906. The van der Waals surface area contributed by atoms with Crippen molar-refractivity contribution in [2.75, 3.05) is 0 Å². The van der Waals surface area contributed by atoms with Crippen LogP contribution in [-0.2, 0) is 6.54 Å². The lowest BCUT2D eigenvalue weighted by Crippen LogP contribution is -2.28. The van der Waals surface area contributed by atoms with Crippen LogP contribution in [0.3, 0.4) is 0 Å². The first-order chi connectivity index (χ1) is 7.84. The maximum Gasteiger partial charge on any atom is 0.0769 e. The average molecular weight is 219 g/mol. The van der Waals surface area contributed by atoms with Crippen LogP contribution in [0.15, 0.2) is 18.3 Å². The first kappa shape index (κ1) is 11.5. The zero-order valence-corrected chi connectivity index (χ0v) is 10.0. The van der Waals surface area contributed by atoms with Crippen molar-refractivity contribution in [2.24, 2.45) is 5.92 Å². The van der Waals surface area contributed by atoms with Crippen LogP contribution < -0.4 is 5.32 Å². The first-order valence-electron chi connectivity index (χ1n) is 6.34. The van der Waals surface area contributed by atoms with Crippen LogP contribution in [0.1, 0.15) is 44.7 Å². The van der Waals surface area contributed by atoms with Crippen LogP contribution >= 0.6 is 0 Å². The van der Waals surface area contributed by atoms with Gasteiger partial charge in [-0.05, 0) is 37.3 Å².